The van der Waals surface area contributed by atoms with Crippen molar-refractivity contribution in [3.63, 3.8) is 0 Å². The first-order valence-corrected chi connectivity index (χ1v) is 11.0. The van der Waals surface area contributed by atoms with Crippen LogP contribution < -0.4 is 4.90 Å². The number of Topliss-reactive ketones (excluding diaryl/α,β-unsaturated/α-hetero) is 1. The number of likely N-dealkylation sites (tertiary alicyclic amines) is 1. The van der Waals surface area contributed by atoms with Crippen molar-refractivity contribution >= 4 is 36.3 Å². The number of piperidine rings is 1. The summed E-state index contributed by atoms with van der Waals surface area (Å²) in [5.41, 5.74) is 4.73. The normalized spacial score (nSPS) is 20.7. The Kier molecular flexibility index (Phi) is 9.74. The van der Waals surface area contributed by atoms with Gasteiger partial charge in [-0.3, -0.25) is 14.6 Å². The van der Waals surface area contributed by atoms with Crippen LogP contribution in [0.5, 0.6) is 0 Å². The van der Waals surface area contributed by atoms with E-state index in [1.807, 2.05) is 0 Å². The maximum atomic E-state index is 11.3. The summed E-state index contributed by atoms with van der Waals surface area (Å²) in [5, 5.41) is 0. The second-order valence-corrected chi connectivity index (χ2v) is 8.81. The Labute approximate surface area is 188 Å². The molecule has 0 N–H and O–H groups in total. The van der Waals surface area contributed by atoms with E-state index in [0.29, 0.717) is 12.3 Å². The zero-order valence-corrected chi connectivity index (χ0v) is 19.4. The summed E-state index contributed by atoms with van der Waals surface area (Å²) in [6.07, 6.45) is 7.74. The second kappa shape index (κ2) is 11.5. The summed E-state index contributed by atoms with van der Waals surface area (Å²) < 4.78 is 0. The molecule has 0 atom stereocenters. The number of aryl methyl sites for hydroxylation is 1. The molecule has 2 saturated heterocycles. The smallest absolute Gasteiger partial charge is 0.143 e. The number of ketones is 1. The van der Waals surface area contributed by atoms with Crippen LogP contribution in [-0.2, 0) is 17.6 Å². The van der Waals surface area contributed by atoms with Crippen molar-refractivity contribution in [3.8, 4) is 0 Å². The third-order valence-corrected chi connectivity index (χ3v) is 6.84. The number of anilines is 1. The molecule has 4 nitrogen and oxygen atoms in total. The van der Waals surface area contributed by atoms with E-state index in [1.54, 1.807) is 18.1 Å². The Morgan fingerprint density at radius 1 is 0.966 bits per heavy atom. The number of hydrogen-bond acceptors (Lipinski definition) is 4. The van der Waals surface area contributed by atoms with Gasteiger partial charge in [0.2, 0.25) is 0 Å². The van der Waals surface area contributed by atoms with Crippen molar-refractivity contribution in [1.29, 1.82) is 0 Å². The van der Waals surface area contributed by atoms with Gasteiger partial charge in [-0.25, -0.2) is 0 Å². The number of halogens is 2. The van der Waals surface area contributed by atoms with Gasteiger partial charge in [-0.2, -0.15) is 0 Å². The zero-order chi connectivity index (χ0) is 18.6. The molecule has 1 aromatic rings. The van der Waals surface area contributed by atoms with E-state index in [1.165, 1.54) is 76.9 Å². The van der Waals surface area contributed by atoms with Crippen LogP contribution in [0.1, 0.15) is 43.7 Å². The van der Waals surface area contributed by atoms with Gasteiger partial charge in [-0.1, -0.05) is 12.1 Å². The van der Waals surface area contributed by atoms with Crippen molar-refractivity contribution in [1.82, 2.24) is 9.80 Å². The number of rotatable bonds is 6. The fourth-order valence-corrected chi connectivity index (χ4v) is 5.22. The van der Waals surface area contributed by atoms with Crippen molar-refractivity contribution in [2.75, 3.05) is 57.3 Å². The van der Waals surface area contributed by atoms with Gasteiger partial charge in [0.05, 0.1) is 6.54 Å². The lowest BCUT2D eigenvalue weighted by Gasteiger charge is -2.38. The van der Waals surface area contributed by atoms with Gasteiger partial charge in [0.1, 0.15) is 5.78 Å². The van der Waals surface area contributed by atoms with Gasteiger partial charge >= 0.3 is 0 Å². The van der Waals surface area contributed by atoms with Crippen LogP contribution in [0.2, 0.25) is 0 Å². The molecule has 2 fully saturated rings. The van der Waals surface area contributed by atoms with Crippen LogP contribution in [0, 0.1) is 5.92 Å². The van der Waals surface area contributed by atoms with E-state index < -0.39 is 0 Å². The lowest BCUT2D eigenvalue weighted by Crippen LogP contribution is -2.47. The van der Waals surface area contributed by atoms with Gasteiger partial charge in [0.25, 0.3) is 0 Å². The van der Waals surface area contributed by atoms with Crippen molar-refractivity contribution in [2.24, 2.45) is 5.92 Å². The van der Waals surface area contributed by atoms with Gasteiger partial charge in [0.15, 0.2) is 0 Å². The number of fused-ring (bicyclic) bond motifs is 1. The van der Waals surface area contributed by atoms with Crippen molar-refractivity contribution in [3.05, 3.63) is 29.3 Å². The first kappa shape index (κ1) is 24.5. The average Bonchev–Trinajstić information content (AvgIpc) is 3.16. The Morgan fingerprint density at radius 2 is 1.69 bits per heavy atom. The molecule has 0 bridgehead atoms. The minimum Gasteiger partial charge on any atom is -0.369 e. The van der Waals surface area contributed by atoms with E-state index in [0.717, 1.165) is 19.0 Å². The van der Waals surface area contributed by atoms with Gasteiger partial charge in [-0.15, -0.1) is 24.8 Å². The van der Waals surface area contributed by atoms with Crippen LogP contribution in [-0.4, -0.2) is 67.9 Å². The van der Waals surface area contributed by atoms with E-state index in [-0.39, 0.29) is 24.8 Å². The van der Waals surface area contributed by atoms with E-state index in [9.17, 15) is 4.79 Å². The molecule has 0 amide bonds. The highest BCUT2D eigenvalue weighted by Gasteiger charge is 2.24. The average molecular weight is 442 g/mol. The number of piperazine rings is 1. The molecule has 1 aromatic carbocycles. The standard InChI is InChI=1S/C23H35N3O.2ClH/c1-19(27)18-25-12-9-20(10-13-25)8-11-24-14-16-26(17-15-24)23-7-3-5-21-4-2-6-22(21)23;;/h3,5,7,20H,2,4,6,8-18H2,1H3;2*1H. The highest BCUT2D eigenvalue weighted by atomic mass is 35.5. The topological polar surface area (TPSA) is 26.8 Å². The summed E-state index contributed by atoms with van der Waals surface area (Å²) in [6.45, 7) is 10.6. The fraction of sp³-hybridized carbons (Fsp3) is 0.696. The third-order valence-electron chi connectivity index (χ3n) is 6.84. The molecule has 29 heavy (non-hydrogen) atoms. The minimum atomic E-state index is 0. The second-order valence-electron chi connectivity index (χ2n) is 8.81. The van der Waals surface area contributed by atoms with E-state index >= 15 is 0 Å². The highest BCUT2D eigenvalue weighted by molar-refractivity contribution is 5.85. The van der Waals surface area contributed by atoms with Crippen LogP contribution in [0.15, 0.2) is 18.2 Å². The molecule has 2 heterocycles. The molecule has 0 radical (unpaired) electrons. The van der Waals surface area contributed by atoms with Gasteiger partial charge in [-0.05, 0) is 88.2 Å². The molecule has 0 unspecified atom stereocenters. The molecule has 1 aliphatic carbocycles. The van der Waals surface area contributed by atoms with E-state index in [4.69, 9.17) is 0 Å². The molecule has 3 aliphatic rings. The SMILES string of the molecule is CC(=O)CN1CCC(CCN2CCN(c3cccc4c3CCC4)CC2)CC1.Cl.Cl. The minimum absolute atomic E-state index is 0. The molecular weight excluding hydrogens is 405 g/mol. The van der Waals surface area contributed by atoms with E-state index in [2.05, 4.69) is 32.9 Å². The zero-order valence-electron chi connectivity index (χ0n) is 17.8. The largest absolute Gasteiger partial charge is 0.369 e. The molecule has 4 rings (SSSR count). The predicted octanol–water partition coefficient (Wildman–Crippen LogP) is 3.83. The Balaban J connectivity index is 0.00000150. The van der Waals surface area contributed by atoms with Gasteiger partial charge < -0.3 is 4.90 Å². The third kappa shape index (κ3) is 6.33. The molecule has 6 heteroatoms. The number of carbonyl (C=O) groups is 1. The summed E-state index contributed by atoms with van der Waals surface area (Å²) in [4.78, 5) is 18.9. The van der Waals surface area contributed by atoms with Gasteiger partial charge in [0, 0.05) is 31.9 Å². The molecule has 0 spiro atoms. The van der Waals surface area contributed by atoms with Crippen LogP contribution in [0.3, 0.4) is 0 Å². The van der Waals surface area contributed by atoms with Crippen molar-refractivity contribution in [2.45, 2.75) is 45.4 Å². The Morgan fingerprint density at radius 3 is 2.38 bits per heavy atom. The first-order valence-electron chi connectivity index (χ1n) is 11.0. The molecule has 2 aliphatic heterocycles. The fourth-order valence-electron chi connectivity index (χ4n) is 5.22. The number of hydrogen-bond donors (Lipinski definition) is 0. The monoisotopic (exact) mass is 441 g/mol. The quantitative estimate of drug-likeness (QED) is 0.669. The maximum Gasteiger partial charge on any atom is 0.143 e. The summed E-state index contributed by atoms with van der Waals surface area (Å²) in [5.74, 6) is 1.15. The maximum absolute atomic E-state index is 11.3. The molecule has 164 valence electrons. The van der Waals surface area contributed by atoms with Crippen LogP contribution in [0.4, 0.5) is 5.69 Å². The van der Waals surface area contributed by atoms with Crippen LogP contribution >= 0.6 is 24.8 Å². The Bertz CT molecular complexity index is 654. The number of nitrogens with zero attached hydrogens (tertiary/aromatic N) is 3. The summed E-state index contributed by atoms with van der Waals surface area (Å²) in [7, 11) is 0. The first-order chi connectivity index (χ1) is 13.2. The Hall–Kier alpha value is -0.810. The molecule has 0 aromatic heterocycles. The van der Waals surface area contributed by atoms with Crippen LogP contribution in [0.25, 0.3) is 0 Å². The highest BCUT2D eigenvalue weighted by Crippen LogP contribution is 2.32. The lowest BCUT2D eigenvalue weighted by atomic mass is 9.93. The summed E-state index contributed by atoms with van der Waals surface area (Å²) in [6, 6.07) is 6.92. The summed E-state index contributed by atoms with van der Waals surface area (Å²) >= 11 is 0. The molecular formula is C23H37Cl2N3O. The molecule has 0 saturated carbocycles. The number of carbonyl (C=O) groups excluding carboxylic acids is 1. The lowest BCUT2D eigenvalue weighted by molar-refractivity contribution is -0.118. The predicted molar refractivity (Wildman–Crippen MR) is 126 cm³/mol. The number of benzene rings is 1. The van der Waals surface area contributed by atoms with Crippen molar-refractivity contribution < 1.29 is 4.79 Å².